The number of hydrogen-bond donors (Lipinski definition) is 2. The number of nitrogens with zero attached hydrogens (tertiary/aromatic N) is 3. The number of primary sulfonamides is 1. The molecule has 0 aliphatic heterocycles. The number of carbonyl (C=O) groups is 1. The molecule has 0 unspecified atom stereocenters. The van der Waals surface area contributed by atoms with E-state index in [1.165, 1.54) is 12.1 Å². The van der Waals surface area contributed by atoms with Crippen LogP contribution >= 0.6 is 0 Å². The van der Waals surface area contributed by atoms with E-state index in [0.29, 0.717) is 18.2 Å². The molecule has 2 aromatic heterocycles. The Morgan fingerprint density at radius 3 is 2.32 bits per heavy atom. The minimum absolute atomic E-state index is 0.0946. The standard InChI is InChI=1S/C21H12F7N5O4S/c22-14-6-10(4-5-13(14)20(23,24)25)15-8-17(21(26,27)28)33-18(32-15)16(9-30-33)37-19(34)31-11-2-1-3-12(7-11)38(29,35)36/h1-9H,(H,31,34)(H2,29,35,36). The van der Waals surface area contributed by atoms with E-state index in [-0.39, 0.29) is 15.1 Å². The van der Waals surface area contributed by atoms with Crippen molar-refractivity contribution >= 4 is 27.5 Å². The summed E-state index contributed by atoms with van der Waals surface area (Å²) in [6.45, 7) is 0. The molecule has 1 amide bonds. The molecule has 9 nitrogen and oxygen atoms in total. The highest BCUT2D eigenvalue weighted by Crippen LogP contribution is 2.36. The van der Waals surface area contributed by atoms with E-state index in [2.05, 4.69) is 15.4 Å². The zero-order valence-corrected chi connectivity index (χ0v) is 19.1. The fraction of sp³-hybridized carbons (Fsp3) is 0.0952. The third-order valence-electron chi connectivity index (χ3n) is 4.91. The first-order chi connectivity index (χ1) is 17.5. The van der Waals surface area contributed by atoms with E-state index < -0.39 is 68.2 Å². The molecule has 0 atom stereocenters. The normalized spacial score (nSPS) is 12.5. The van der Waals surface area contributed by atoms with Crippen molar-refractivity contribution in [1.29, 1.82) is 0 Å². The van der Waals surface area contributed by atoms with Gasteiger partial charge in [-0.1, -0.05) is 12.1 Å². The maximum atomic E-state index is 14.1. The SMILES string of the molecule is NS(=O)(=O)c1cccc(NC(=O)Oc2cnn3c(C(F)(F)F)cc(-c4ccc(C(F)(F)F)c(F)c4)nc23)c1. The Bertz CT molecular complexity index is 1670. The van der Waals surface area contributed by atoms with Crippen LogP contribution in [-0.4, -0.2) is 29.1 Å². The summed E-state index contributed by atoms with van der Waals surface area (Å²) in [5.41, 5.74) is -4.88. The van der Waals surface area contributed by atoms with Gasteiger partial charge in [-0.25, -0.2) is 32.2 Å². The Labute approximate surface area is 207 Å². The zero-order valence-electron chi connectivity index (χ0n) is 18.3. The predicted octanol–water partition coefficient (Wildman–Crippen LogP) is 4.83. The number of sulfonamides is 1. The van der Waals surface area contributed by atoms with Crippen molar-refractivity contribution in [3.63, 3.8) is 0 Å². The van der Waals surface area contributed by atoms with Crippen LogP contribution in [0.5, 0.6) is 5.75 Å². The van der Waals surface area contributed by atoms with Crippen molar-refractivity contribution in [2.45, 2.75) is 17.2 Å². The van der Waals surface area contributed by atoms with Crippen LogP contribution < -0.4 is 15.2 Å². The lowest BCUT2D eigenvalue weighted by Crippen LogP contribution is -2.18. The summed E-state index contributed by atoms with van der Waals surface area (Å²) >= 11 is 0. The number of amides is 1. The molecule has 4 aromatic rings. The summed E-state index contributed by atoms with van der Waals surface area (Å²) in [5, 5.41) is 10.7. The van der Waals surface area contributed by atoms with E-state index in [1.807, 2.05) is 0 Å². The molecule has 0 aliphatic carbocycles. The number of nitrogens with two attached hydrogens (primary N) is 1. The lowest BCUT2D eigenvalue weighted by Gasteiger charge is -2.13. The van der Waals surface area contributed by atoms with Gasteiger partial charge in [-0.05, 0) is 36.4 Å². The third-order valence-corrected chi connectivity index (χ3v) is 5.82. The van der Waals surface area contributed by atoms with Gasteiger partial charge < -0.3 is 4.74 Å². The number of anilines is 1. The number of carbonyl (C=O) groups excluding carboxylic acids is 1. The van der Waals surface area contributed by atoms with Gasteiger partial charge in [0.15, 0.2) is 17.1 Å². The molecule has 0 saturated carbocycles. The van der Waals surface area contributed by atoms with E-state index in [1.54, 1.807) is 0 Å². The fourth-order valence-corrected chi connectivity index (χ4v) is 3.82. The molecule has 200 valence electrons. The molecule has 2 heterocycles. The molecule has 0 bridgehead atoms. The second kappa shape index (κ2) is 9.25. The first-order valence-electron chi connectivity index (χ1n) is 9.99. The van der Waals surface area contributed by atoms with Crippen molar-refractivity contribution in [3.05, 3.63) is 71.8 Å². The van der Waals surface area contributed by atoms with Gasteiger partial charge in [0.25, 0.3) is 0 Å². The number of fused-ring (bicyclic) bond motifs is 1. The molecular weight excluding hydrogens is 551 g/mol. The highest BCUT2D eigenvalue weighted by molar-refractivity contribution is 7.89. The third kappa shape index (κ3) is 5.52. The summed E-state index contributed by atoms with van der Waals surface area (Å²) in [4.78, 5) is 15.9. The molecule has 17 heteroatoms. The summed E-state index contributed by atoms with van der Waals surface area (Å²) in [6, 6.07) is 6.53. The van der Waals surface area contributed by atoms with Crippen LogP contribution in [0.3, 0.4) is 0 Å². The molecule has 4 rings (SSSR count). The number of ether oxygens (including phenoxy) is 1. The van der Waals surface area contributed by atoms with Crippen molar-refractivity contribution < 1.29 is 48.7 Å². The van der Waals surface area contributed by atoms with Gasteiger partial charge in [-0.15, -0.1) is 0 Å². The van der Waals surface area contributed by atoms with E-state index in [9.17, 15) is 43.9 Å². The number of alkyl halides is 6. The second-order valence-electron chi connectivity index (χ2n) is 7.55. The van der Waals surface area contributed by atoms with Crippen LogP contribution in [0.4, 0.5) is 41.2 Å². The topological polar surface area (TPSA) is 129 Å². The fourth-order valence-electron chi connectivity index (χ4n) is 3.26. The van der Waals surface area contributed by atoms with Crippen LogP contribution in [0, 0.1) is 5.82 Å². The molecule has 0 saturated heterocycles. The molecule has 0 radical (unpaired) electrons. The smallest absolute Gasteiger partial charge is 0.404 e. The number of halogens is 7. The first-order valence-corrected chi connectivity index (χ1v) is 11.5. The van der Waals surface area contributed by atoms with Crippen molar-refractivity contribution in [3.8, 4) is 17.0 Å². The average molecular weight is 563 g/mol. The molecule has 0 spiro atoms. The van der Waals surface area contributed by atoms with E-state index in [0.717, 1.165) is 24.4 Å². The zero-order chi connectivity index (χ0) is 28.0. The van der Waals surface area contributed by atoms with Gasteiger partial charge in [-0.2, -0.15) is 31.4 Å². The average Bonchev–Trinajstić information content (AvgIpc) is 3.18. The molecule has 3 N–H and O–H groups in total. The Morgan fingerprint density at radius 1 is 1.00 bits per heavy atom. The largest absolute Gasteiger partial charge is 0.433 e. The lowest BCUT2D eigenvalue weighted by molar-refractivity contribution is -0.142. The Balaban J connectivity index is 1.73. The van der Waals surface area contributed by atoms with Gasteiger partial charge in [0.1, 0.15) is 5.82 Å². The highest BCUT2D eigenvalue weighted by Gasteiger charge is 2.37. The Kier molecular flexibility index (Phi) is 6.52. The van der Waals surface area contributed by atoms with Gasteiger partial charge in [0, 0.05) is 11.3 Å². The summed E-state index contributed by atoms with van der Waals surface area (Å²) in [5.74, 6) is -2.35. The molecular formula is C21H12F7N5O4S. The van der Waals surface area contributed by atoms with Crippen LogP contribution in [0.15, 0.2) is 59.6 Å². The number of hydrogen-bond acceptors (Lipinski definition) is 6. The Hall–Kier alpha value is -4.25. The maximum absolute atomic E-state index is 14.1. The predicted molar refractivity (Wildman–Crippen MR) is 116 cm³/mol. The summed E-state index contributed by atoms with van der Waals surface area (Å²) in [7, 11) is -4.11. The quantitative estimate of drug-likeness (QED) is 0.343. The summed E-state index contributed by atoms with van der Waals surface area (Å²) < 4.78 is 122. The number of rotatable bonds is 4. The van der Waals surface area contributed by atoms with Crippen molar-refractivity contribution in [2.75, 3.05) is 5.32 Å². The van der Waals surface area contributed by atoms with E-state index >= 15 is 0 Å². The van der Waals surface area contributed by atoms with E-state index in [4.69, 9.17) is 9.88 Å². The Morgan fingerprint density at radius 2 is 1.71 bits per heavy atom. The number of aromatic nitrogens is 3. The van der Waals surface area contributed by atoms with Crippen molar-refractivity contribution in [2.24, 2.45) is 5.14 Å². The van der Waals surface area contributed by atoms with Crippen molar-refractivity contribution in [1.82, 2.24) is 14.6 Å². The molecule has 0 aliphatic rings. The highest BCUT2D eigenvalue weighted by atomic mass is 32.2. The van der Waals surface area contributed by atoms with Crippen LogP contribution in [0.25, 0.3) is 16.9 Å². The maximum Gasteiger partial charge on any atom is 0.433 e. The molecule has 0 fully saturated rings. The lowest BCUT2D eigenvalue weighted by atomic mass is 10.1. The van der Waals surface area contributed by atoms with Gasteiger partial charge in [0.05, 0.1) is 22.3 Å². The molecule has 2 aromatic carbocycles. The minimum Gasteiger partial charge on any atom is -0.404 e. The summed E-state index contributed by atoms with van der Waals surface area (Å²) in [6.07, 6.45) is -10.7. The first kappa shape index (κ1) is 26.8. The van der Waals surface area contributed by atoms with Crippen LogP contribution in [0.2, 0.25) is 0 Å². The monoisotopic (exact) mass is 563 g/mol. The number of benzene rings is 2. The molecule has 38 heavy (non-hydrogen) atoms. The number of nitrogens with one attached hydrogen (secondary N) is 1. The van der Waals surface area contributed by atoms with Gasteiger partial charge in [-0.3, -0.25) is 5.32 Å². The van der Waals surface area contributed by atoms with Crippen LogP contribution in [0.1, 0.15) is 11.3 Å². The van der Waals surface area contributed by atoms with Gasteiger partial charge >= 0.3 is 18.4 Å². The van der Waals surface area contributed by atoms with Crippen LogP contribution in [-0.2, 0) is 22.4 Å². The van der Waals surface area contributed by atoms with Gasteiger partial charge in [0.2, 0.25) is 10.0 Å². The minimum atomic E-state index is -5.06. The second-order valence-corrected chi connectivity index (χ2v) is 9.11.